The first-order chi connectivity index (χ1) is 16.1. The second-order valence-electron chi connectivity index (χ2n) is 9.50. The van der Waals surface area contributed by atoms with Gasteiger partial charge in [0.2, 0.25) is 0 Å². The number of carbonyl (C=O) groups excluding carboxylic acids is 2. The monoisotopic (exact) mass is 469 g/mol. The second-order valence-corrected chi connectivity index (χ2v) is 9.50. The molecule has 1 aliphatic rings. The minimum atomic E-state index is -0.835. The van der Waals surface area contributed by atoms with Gasteiger partial charge in [-0.15, -0.1) is 0 Å². The minimum absolute atomic E-state index is 0.0870. The summed E-state index contributed by atoms with van der Waals surface area (Å²) in [6.07, 6.45) is 0.896. The number of ether oxygens (including phenoxy) is 3. The molecule has 1 heterocycles. The maximum absolute atomic E-state index is 12.1. The lowest BCUT2D eigenvalue weighted by molar-refractivity contribution is -0.185. The van der Waals surface area contributed by atoms with Gasteiger partial charge in [0.15, 0.2) is 0 Å². The number of nitrogens with one attached hydrogen (secondary N) is 1. The maximum Gasteiger partial charge on any atom is 0.303 e. The summed E-state index contributed by atoms with van der Waals surface area (Å²) in [5, 5.41) is 13.7. The molecule has 0 aromatic heterocycles. The highest BCUT2D eigenvalue weighted by Crippen LogP contribution is 2.39. The summed E-state index contributed by atoms with van der Waals surface area (Å²) in [5.74, 6) is 0.207. The molecule has 0 unspecified atom stereocenters. The van der Waals surface area contributed by atoms with Crippen molar-refractivity contribution in [3.8, 4) is 5.75 Å². The highest BCUT2D eigenvalue weighted by molar-refractivity contribution is 5.94. The number of hydrogen-bond donors (Lipinski definition) is 2. The van der Waals surface area contributed by atoms with E-state index in [1.807, 2.05) is 63.2 Å². The van der Waals surface area contributed by atoms with Crippen molar-refractivity contribution in [2.24, 2.45) is 0 Å². The Morgan fingerprint density at radius 3 is 2.50 bits per heavy atom. The topological polar surface area (TPSA) is 94.1 Å². The van der Waals surface area contributed by atoms with E-state index in [2.05, 4.69) is 5.32 Å². The van der Waals surface area contributed by atoms with E-state index < -0.39 is 17.3 Å². The Balaban J connectivity index is 1.44. The van der Waals surface area contributed by atoms with Gasteiger partial charge in [-0.25, -0.2) is 0 Å². The minimum Gasteiger partial charge on any atom is -0.491 e. The molecular formula is C27H35NO6. The first-order valence-corrected chi connectivity index (χ1v) is 11.7. The van der Waals surface area contributed by atoms with E-state index in [4.69, 9.17) is 14.2 Å². The van der Waals surface area contributed by atoms with Gasteiger partial charge in [0.25, 0.3) is 5.91 Å². The molecular weight excluding hydrogens is 434 g/mol. The van der Waals surface area contributed by atoms with Crippen LogP contribution in [0.5, 0.6) is 5.75 Å². The standard InChI is InChI=1S/C27H35NO6/c1-19(29)33-26(2,3)24-14-16-27(4,34-24)23(30)18-32-22-12-10-20(11-13-22)15-17-28-25(31)21-8-6-5-7-9-21/h5-13,23-24,30H,14-18H2,1-4H3,(H,28,31)/t23-,24+,27-/m1/s1. The van der Waals surface area contributed by atoms with Gasteiger partial charge in [-0.05, 0) is 69.9 Å². The van der Waals surface area contributed by atoms with Crippen molar-refractivity contribution in [1.29, 1.82) is 0 Å². The molecule has 1 fully saturated rings. The molecule has 2 aromatic carbocycles. The van der Waals surface area contributed by atoms with Crippen LogP contribution >= 0.6 is 0 Å². The van der Waals surface area contributed by atoms with Crippen LogP contribution in [0.2, 0.25) is 0 Å². The zero-order valence-corrected chi connectivity index (χ0v) is 20.4. The van der Waals surface area contributed by atoms with Crippen molar-refractivity contribution in [1.82, 2.24) is 5.32 Å². The Bertz CT molecular complexity index is 959. The SMILES string of the molecule is CC(=O)OC(C)(C)[C@@H]1CC[C@](C)([C@H](O)COc2ccc(CCNC(=O)c3ccccc3)cc2)O1. The number of esters is 1. The quantitative estimate of drug-likeness (QED) is 0.516. The van der Waals surface area contributed by atoms with Crippen molar-refractivity contribution in [3.63, 3.8) is 0 Å². The van der Waals surface area contributed by atoms with E-state index in [9.17, 15) is 14.7 Å². The van der Waals surface area contributed by atoms with E-state index in [1.54, 1.807) is 12.1 Å². The van der Waals surface area contributed by atoms with Gasteiger partial charge in [0.05, 0.1) is 11.7 Å². The normalized spacial score (nSPS) is 21.0. The Morgan fingerprint density at radius 1 is 1.18 bits per heavy atom. The third-order valence-corrected chi connectivity index (χ3v) is 6.27. The summed E-state index contributed by atoms with van der Waals surface area (Å²) < 4.78 is 17.3. The van der Waals surface area contributed by atoms with E-state index in [0.717, 1.165) is 5.56 Å². The molecule has 2 aromatic rings. The predicted octanol–water partition coefficient (Wildman–Crippen LogP) is 3.68. The lowest BCUT2D eigenvalue weighted by atomic mass is 9.93. The summed E-state index contributed by atoms with van der Waals surface area (Å²) in [5.41, 5.74) is 0.174. The molecule has 2 N–H and O–H groups in total. The number of benzene rings is 2. The zero-order chi connectivity index (χ0) is 24.8. The molecule has 184 valence electrons. The van der Waals surface area contributed by atoms with Crippen LogP contribution in [0.3, 0.4) is 0 Å². The third kappa shape index (κ3) is 6.81. The van der Waals surface area contributed by atoms with Gasteiger partial charge in [0, 0.05) is 19.0 Å². The predicted molar refractivity (Wildman–Crippen MR) is 129 cm³/mol. The van der Waals surface area contributed by atoms with Crippen molar-refractivity contribution < 1.29 is 28.9 Å². The Labute approximate surface area is 201 Å². The van der Waals surface area contributed by atoms with Crippen LogP contribution in [0, 0.1) is 0 Å². The summed E-state index contributed by atoms with van der Waals surface area (Å²) in [6, 6.07) is 16.7. The van der Waals surface area contributed by atoms with E-state index in [-0.39, 0.29) is 24.6 Å². The van der Waals surface area contributed by atoms with Crippen LogP contribution in [-0.2, 0) is 20.7 Å². The van der Waals surface area contributed by atoms with Crippen molar-refractivity contribution in [2.45, 2.75) is 70.4 Å². The van der Waals surface area contributed by atoms with E-state index in [0.29, 0.717) is 37.1 Å². The maximum atomic E-state index is 12.1. The van der Waals surface area contributed by atoms with Crippen LogP contribution in [-0.4, -0.2) is 53.5 Å². The van der Waals surface area contributed by atoms with Crippen LogP contribution in [0.4, 0.5) is 0 Å². The number of aliphatic hydroxyl groups excluding tert-OH is 1. The molecule has 1 saturated heterocycles. The number of rotatable bonds is 10. The smallest absolute Gasteiger partial charge is 0.303 e. The van der Waals surface area contributed by atoms with E-state index in [1.165, 1.54) is 6.92 Å². The molecule has 7 heteroatoms. The highest BCUT2D eigenvalue weighted by atomic mass is 16.6. The molecule has 3 atom stereocenters. The molecule has 3 rings (SSSR count). The number of aliphatic hydroxyl groups is 1. The second kappa shape index (κ2) is 11.0. The molecule has 0 radical (unpaired) electrons. The van der Waals surface area contributed by atoms with Crippen molar-refractivity contribution in [2.75, 3.05) is 13.2 Å². The Hall–Kier alpha value is -2.90. The summed E-state index contributed by atoms with van der Waals surface area (Å²) in [4.78, 5) is 23.5. The number of hydrogen-bond acceptors (Lipinski definition) is 6. The molecule has 0 saturated carbocycles. The summed E-state index contributed by atoms with van der Waals surface area (Å²) in [6.45, 7) is 7.50. The molecule has 0 spiro atoms. The van der Waals surface area contributed by atoms with Gasteiger partial charge >= 0.3 is 5.97 Å². The third-order valence-electron chi connectivity index (χ3n) is 6.27. The largest absolute Gasteiger partial charge is 0.491 e. The fraction of sp³-hybridized carbons (Fsp3) is 0.481. The van der Waals surface area contributed by atoms with E-state index >= 15 is 0 Å². The molecule has 7 nitrogen and oxygen atoms in total. The molecule has 0 aliphatic carbocycles. The molecule has 34 heavy (non-hydrogen) atoms. The van der Waals surface area contributed by atoms with Crippen molar-refractivity contribution >= 4 is 11.9 Å². The number of amides is 1. The number of carbonyl (C=O) groups is 2. The summed E-state index contributed by atoms with van der Waals surface area (Å²) >= 11 is 0. The highest BCUT2D eigenvalue weighted by Gasteiger charge is 2.48. The van der Waals surface area contributed by atoms with Gasteiger partial charge in [0.1, 0.15) is 24.1 Å². The van der Waals surface area contributed by atoms with Gasteiger partial charge in [-0.3, -0.25) is 9.59 Å². The average molecular weight is 470 g/mol. The Morgan fingerprint density at radius 2 is 1.85 bits per heavy atom. The first-order valence-electron chi connectivity index (χ1n) is 11.7. The average Bonchev–Trinajstić information content (AvgIpc) is 3.22. The Kier molecular flexibility index (Phi) is 8.33. The fourth-order valence-corrected chi connectivity index (χ4v) is 4.15. The lowest BCUT2D eigenvalue weighted by Crippen LogP contribution is -2.47. The van der Waals surface area contributed by atoms with Crippen LogP contribution in [0.15, 0.2) is 54.6 Å². The molecule has 0 bridgehead atoms. The van der Waals surface area contributed by atoms with Gasteiger partial charge < -0.3 is 24.6 Å². The van der Waals surface area contributed by atoms with Gasteiger partial charge in [-0.2, -0.15) is 0 Å². The van der Waals surface area contributed by atoms with Crippen molar-refractivity contribution in [3.05, 3.63) is 65.7 Å². The fourth-order valence-electron chi connectivity index (χ4n) is 4.15. The van der Waals surface area contributed by atoms with Crippen LogP contribution in [0.1, 0.15) is 56.5 Å². The van der Waals surface area contributed by atoms with Crippen LogP contribution in [0.25, 0.3) is 0 Å². The molecule has 1 aliphatic heterocycles. The first kappa shape index (κ1) is 25.7. The van der Waals surface area contributed by atoms with Crippen LogP contribution < -0.4 is 10.1 Å². The summed E-state index contributed by atoms with van der Waals surface area (Å²) in [7, 11) is 0. The molecule has 1 amide bonds. The van der Waals surface area contributed by atoms with Gasteiger partial charge in [-0.1, -0.05) is 30.3 Å². The lowest BCUT2D eigenvalue weighted by Gasteiger charge is -2.35. The zero-order valence-electron chi connectivity index (χ0n) is 20.4.